The minimum Gasteiger partial charge on any atom is -0.872 e. The van der Waals surface area contributed by atoms with Gasteiger partial charge in [0.05, 0.1) is 30.5 Å². The van der Waals surface area contributed by atoms with Crippen LogP contribution >= 0.6 is 0 Å². The molecule has 0 aliphatic heterocycles. The predicted molar refractivity (Wildman–Crippen MR) is 141 cm³/mol. The van der Waals surface area contributed by atoms with Crippen molar-refractivity contribution in [3.63, 3.8) is 0 Å². The molecule has 7 heteroatoms. The Kier molecular flexibility index (Phi) is 6.79. The number of nitriles is 1. The molecule has 0 aliphatic carbocycles. The highest BCUT2D eigenvalue weighted by molar-refractivity contribution is 5.61. The van der Waals surface area contributed by atoms with Gasteiger partial charge in [-0.1, -0.05) is 54.6 Å². The molecular weight excluding hydrogens is 478 g/mol. The highest BCUT2D eigenvalue weighted by Gasteiger charge is 2.22. The van der Waals surface area contributed by atoms with Crippen molar-refractivity contribution < 1.29 is 19.0 Å². The molecule has 188 valence electrons. The third-order valence-electron chi connectivity index (χ3n) is 6.49. The van der Waals surface area contributed by atoms with Gasteiger partial charge in [-0.25, -0.2) is 4.79 Å². The van der Waals surface area contributed by atoms with Crippen LogP contribution in [0.15, 0.2) is 95.9 Å². The summed E-state index contributed by atoms with van der Waals surface area (Å²) in [5.41, 5.74) is 4.94. The van der Waals surface area contributed by atoms with E-state index in [0.717, 1.165) is 28.0 Å². The first-order chi connectivity index (χ1) is 18.5. The van der Waals surface area contributed by atoms with Gasteiger partial charge in [-0.15, -0.1) is 5.75 Å². The third kappa shape index (κ3) is 4.67. The molecule has 0 saturated heterocycles. The van der Waals surface area contributed by atoms with Gasteiger partial charge in [0.1, 0.15) is 13.2 Å². The summed E-state index contributed by atoms with van der Waals surface area (Å²) in [6, 6.07) is 27.2. The van der Waals surface area contributed by atoms with Gasteiger partial charge in [-0.2, -0.15) is 14.2 Å². The number of ether oxygens (including phenoxy) is 2. The zero-order chi connectivity index (χ0) is 26.6. The van der Waals surface area contributed by atoms with Crippen molar-refractivity contribution in [2.24, 2.45) is 0 Å². The third-order valence-corrected chi connectivity index (χ3v) is 6.49. The van der Waals surface area contributed by atoms with Crippen LogP contribution in [0.1, 0.15) is 22.3 Å². The van der Waals surface area contributed by atoms with Gasteiger partial charge < -0.3 is 14.6 Å². The van der Waals surface area contributed by atoms with Crippen LogP contribution in [0.4, 0.5) is 0 Å². The summed E-state index contributed by atoms with van der Waals surface area (Å²) < 4.78 is 15.3. The summed E-state index contributed by atoms with van der Waals surface area (Å²) in [5.74, 6) is 1.00. The summed E-state index contributed by atoms with van der Waals surface area (Å²) in [6.45, 7) is 2.35. The van der Waals surface area contributed by atoms with Crippen LogP contribution in [0.25, 0.3) is 16.9 Å². The molecule has 0 unspecified atom stereocenters. The smallest absolute Gasteiger partial charge is 0.341 e. The van der Waals surface area contributed by atoms with Crippen LogP contribution in [0.3, 0.4) is 0 Å². The Labute approximate surface area is 220 Å². The lowest BCUT2D eigenvalue weighted by Gasteiger charge is -2.14. The summed E-state index contributed by atoms with van der Waals surface area (Å²) >= 11 is 0. The molecular formula is C31H25N3O4. The molecule has 0 aliphatic rings. The lowest BCUT2D eigenvalue weighted by atomic mass is 10.1. The van der Waals surface area contributed by atoms with Crippen molar-refractivity contribution in [1.29, 1.82) is 5.26 Å². The quantitative estimate of drug-likeness (QED) is 0.311. The number of rotatable bonds is 7. The van der Waals surface area contributed by atoms with Crippen molar-refractivity contribution >= 4 is 5.65 Å². The highest BCUT2D eigenvalue weighted by Crippen LogP contribution is 2.30. The van der Waals surface area contributed by atoms with Crippen LogP contribution in [0.5, 0.6) is 17.2 Å². The fourth-order valence-corrected chi connectivity index (χ4v) is 4.58. The Hall–Kier alpha value is -5.09. The van der Waals surface area contributed by atoms with Crippen LogP contribution in [-0.4, -0.2) is 11.7 Å². The van der Waals surface area contributed by atoms with E-state index in [4.69, 9.17) is 9.47 Å². The summed E-state index contributed by atoms with van der Waals surface area (Å²) in [6.07, 6.45) is 1.91. The second kappa shape index (κ2) is 10.5. The Bertz CT molecular complexity index is 1730. The number of pyridine rings is 1. The van der Waals surface area contributed by atoms with Crippen LogP contribution in [0.2, 0.25) is 0 Å². The van der Waals surface area contributed by atoms with Gasteiger partial charge in [-0.05, 0) is 36.8 Å². The molecule has 0 spiro atoms. The van der Waals surface area contributed by atoms with Gasteiger partial charge in [0.2, 0.25) is 0 Å². The Morgan fingerprint density at radius 2 is 1.74 bits per heavy atom. The normalized spacial score (nSPS) is 10.8. The van der Waals surface area contributed by atoms with Gasteiger partial charge in [0.25, 0.3) is 5.65 Å². The fraction of sp³-hybridized carbons (Fsp3) is 0.129. The first-order valence-electron chi connectivity index (χ1n) is 12.1. The van der Waals surface area contributed by atoms with Crippen LogP contribution in [-0.2, 0) is 13.2 Å². The minimum absolute atomic E-state index is 0.0790. The molecule has 5 aromatic rings. The number of nitrogens with zero attached hydrogens (tertiary/aromatic N) is 3. The maximum Gasteiger partial charge on any atom is 0.341 e. The van der Waals surface area contributed by atoms with E-state index < -0.39 is 0 Å². The zero-order valence-electron chi connectivity index (χ0n) is 21.0. The monoisotopic (exact) mass is 503 g/mol. The van der Waals surface area contributed by atoms with E-state index in [1.807, 2.05) is 65.2 Å². The molecule has 0 bridgehead atoms. The first-order valence-corrected chi connectivity index (χ1v) is 12.1. The van der Waals surface area contributed by atoms with Gasteiger partial charge in [0.15, 0.2) is 17.2 Å². The Balaban J connectivity index is 1.50. The second-order valence-corrected chi connectivity index (χ2v) is 8.86. The molecule has 0 saturated carbocycles. The number of hydrogen-bond acceptors (Lipinski definition) is 5. The molecule has 2 aromatic heterocycles. The van der Waals surface area contributed by atoms with Gasteiger partial charge >= 0.3 is 5.56 Å². The average molecular weight is 504 g/mol. The van der Waals surface area contributed by atoms with E-state index in [-0.39, 0.29) is 17.9 Å². The number of fused-ring (bicyclic) bond motifs is 1. The zero-order valence-corrected chi connectivity index (χ0v) is 21.0. The molecule has 0 atom stereocenters. The first kappa shape index (κ1) is 24.6. The number of aromatic nitrogens is 2. The number of hydrogen-bond donors (Lipinski definition) is 0. The molecule has 2 heterocycles. The van der Waals surface area contributed by atoms with E-state index in [2.05, 4.69) is 6.07 Å². The minimum atomic E-state index is -0.121. The maximum atomic E-state index is 13.6. The molecule has 3 aromatic carbocycles. The Morgan fingerprint density at radius 3 is 2.50 bits per heavy atom. The van der Waals surface area contributed by atoms with E-state index in [1.54, 1.807) is 36.8 Å². The topological polar surface area (TPSA) is 91.4 Å². The summed E-state index contributed by atoms with van der Waals surface area (Å²) in [5, 5.41) is 21.0. The van der Waals surface area contributed by atoms with Crippen molar-refractivity contribution in [3.05, 3.63) is 124 Å². The summed E-state index contributed by atoms with van der Waals surface area (Å²) in [4.78, 5) is 13.6. The van der Waals surface area contributed by atoms with Crippen LogP contribution < -0.4 is 24.5 Å². The van der Waals surface area contributed by atoms with Crippen LogP contribution in [0, 0.1) is 18.3 Å². The summed E-state index contributed by atoms with van der Waals surface area (Å²) in [7, 11) is 1.57. The molecule has 5 rings (SSSR count). The molecule has 0 fully saturated rings. The van der Waals surface area contributed by atoms with Gasteiger partial charge in [-0.3, -0.25) is 0 Å². The van der Waals surface area contributed by atoms with E-state index >= 15 is 0 Å². The second-order valence-electron chi connectivity index (χ2n) is 8.86. The van der Waals surface area contributed by atoms with E-state index in [0.29, 0.717) is 29.2 Å². The molecule has 0 N–H and O–H groups in total. The molecule has 38 heavy (non-hydrogen) atoms. The number of benzene rings is 3. The largest absolute Gasteiger partial charge is 0.872 e. The maximum absolute atomic E-state index is 13.6. The lowest BCUT2D eigenvalue weighted by Crippen LogP contribution is -2.38. The lowest BCUT2D eigenvalue weighted by molar-refractivity contribution is -0.504. The van der Waals surface area contributed by atoms with Crippen molar-refractivity contribution in [1.82, 2.24) is 4.57 Å². The SMILES string of the molecule is COc1cc(Cn2c(=O)c(C)c(-c3ccc([O-])cc3)[n+]3ccccc23)ccc1OCc1ccccc1C#N. The number of methoxy groups -OCH3 is 1. The van der Waals surface area contributed by atoms with E-state index in [9.17, 15) is 15.2 Å². The fourth-order valence-electron chi connectivity index (χ4n) is 4.58. The Morgan fingerprint density at radius 1 is 0.974 bits per heavy atom. The van der Waals surface area contributed by atoms with Crippen molar-refractivity contribution in [3.8, 4) is 34.6 Å². The standard InChI is InChI=1S/C31H25N3O4/c1-21-30(23-11-13-26(35)14-12-23)33-16-6-5-9-29(33)34(31(21)36)19-22-10-15-27(28(17-22)37-2)38-20-25-8-4-3-7-24(25)18-32/h3-17H,19-20H2,1-2H3. The predicted octanol–water partition coefficient (Wildman–Crippen LogP) is 4.14. The molecule has 0 radical (unpaired) electrons. The highest BCUT2D eigenvalue weighted by atomic mass is 16.5. The average Bonchev–Trinajstić information content (AvgIpc) is 2.95. The van der Waals surface area contributed by atoms with Gasteiger partial charge in [0, 0.05) is 17.2 Å². The van der Waals surface area contributed by atoms with Crippen molar-refractivity contribution in [2.75, 3.05) is 7.11 Å². The van der Waals surface area contributed by atoms with Crippen molar-refractivity contribution in [2.45, 2.75) is 20.1 Å². The van der Waals surface area contributed by atoms with E-state index in [1.165, 1.54) is 12.1 Å². The molecule has 0 amide bonds. The molecule has 7 nitrogen and oxygen atoms in total.